The van der Waals surface area contributed by atoms with Gasteiger partial charge in [-0.2, -0.15) is 0 Å². The topological polar surface area (TPSA) is 81.2 Å². The Balaban J connectivity index is 1.49. The highest BCUT2D eigenvalue weighted by Gasteiger charge is 2.31. The van der Waals surface area contributed by atoms with Gasteiger partial charge in [0, 0.05) is 63.4 Å². The van der Waals surface area contributed by atoms with Crippen LogP contribution >= 0.6 is 0 Å². The van der Waals surface area contributed by atoms with Gasteiger partial charge in [0.05, 0.1) is 5.56 Å². The lowest BCUT2D eigenvalue weighted by Crippen LogP contribution is -2.48. The van der Waals surface area contributed by atoms with E-state index in [1.807, 2.05) is 47.1 Å². The van der Waals surface area contributed by atoms with Gasteiger partial charge in [-0.15, -0.1) is 0 Å². The van der Waals surface area contributed by atoms with Gasteiger partial charge in [0.25, 0.3) is 5.91 Å². The Labute approximate surface area is 188 Å². The van der Waals surface area contributed by atoms with Gasteiger partial charge in [-0.1, -0.05) is 24.3 Å². The minimum atomic E-state index is -0.932. The van der Waals surface area contributed by atoms with Crippen LogP contribution in [0.2, 0.25) is 0 Å². The van der Waals surface area contributed by atoms with Crippen LogP contribution in [0.25, 0.3) is 0 Å². The predicted octanol–water partition coefficient (Wildman–Crippen LogP) is 2.99. The highest BCUT2D eigenvalue weighted by molar-refractivity contribution is 5.97. The van der Waals surface area contributed by atoms with Gasteiger partial charge in [-0.3, -0.25) is 9.59 Å². The van der Waals surface area contributed by atoms with Crippen LogP contribution in [0.1, 0.15) is 51.1 Å². The molecule has 7 heteroatoms. The van der Waals surface area contributed by atoms with Crippen LogP contribution in [0.5, 0.6) is 0 Å². The molecule has 7 nitrogen and oxygen atoms in total. The monoisotopic (exact) mass is 435 g/mol. The molecule has 2 heterocycles. The molecule has 0 bridgehead atoms. The third-order valence-electron chi connectivity index (χ3n) is 6.65. The lowest BCUT2D eigenvalue weighted by Gasteiger charge is -2.36. The van der Waals surface area contributed by atoms with Crippen molar-refractivity contribution in [3.63, 3.8) is 0 Å². The molecule has 0 aliphatic carbocycles. The molecule has 0 saturated carbocycles. The zero-order valence-electron chi connectivity index (χ0n) is 18.6. The van der Waals surface area contributed by atoms with Gasteiger partial charge < -0.3 is 19.8 Å². The van der Waals surface area contributed by atoms with Crippen LogP contribution in [0.15, 0.2) is 42.5 Å². The van der Waals surface area contributed by atoms with Crippen molar-refractivity contribution in [2.45, 2.75) is 26.2 Å². The van der Waals surface area contributed by atoms with Crippen LogP contribution in [0.4, 0.5) is 5.69 Å². The van der Waals surface area contributed by atoms with Crippen LogP contribution in [0, 0.1) is 6.92 Å². The van der Waals surface area contributed by atoms with E-state index in [2.05, 4.69) is 4.90 Å². The van der Waals surface area contributed by atoms with Gasteiger partial charge >= 0.3 is 5.97 Å². The maximum Gasteiger partial charge on any atom is 0.335 e. The number of carboxylic acids is 1. The minimum Gasteiger partial charge on any atom is -0.478 e. The number of carboxylic acid groups (broad SMARTS) is 1. The van der Waals surface area contributed by atoms with E-state index in [0.717, 1.165) is 36.3 Å². The molecule has 2 aliphatic heterocycles. The lowest BCUT2D eigenvalue weighted by atomic mass is 9.93. The van der Waals surface area contributed by atoms with Crippen LogP contribution in [-0.4, -0.2) is 72.0 Å². The number of anilines is 1. The third-order valence-corrected chi connectivity index (χ3v) is 6.65. The molecule has 0 aromatic heterocycles. The summed E-state index contributed by atoms with van der Waals surface area (Å²) >= 11 is 0. The number of piperazine rings is 1. The summed E-state index contributed by atoms with van der Waals surface area (Å²) in [7, 11) is 0. The fraction of sp³-hybridized carbons (Fsp3) is 0.400. The van der Waals surface area contributed by atoms with Crippen molar-refractivity contribution < 1.29 is 19.5 Å². The molecule has 0 spiro atoms. The van der Waals surface area contributed by atoms with Crippen molar-refractivity contribution in [3.05, 3.63) is 64.7 Å². The first-order chi connectivity index (χ1) is 15.3. The molecule has 2 aromatic rings. The molecular formula is C25H29N3O4. The molecule has 2 fully saturated rings. The number of aryl methyl sites for hydroxylation is 1. The first-order valence-electron chi connectivity index (χ1n) is 11.1. The van der Waals surface area contributed by atoms with Crippen molar-refractivity contribution in [2.24, 2.45) is 0 Å². The van der Waals surface area contributed by atoms with Gasteiger partial charge in [0.15, 0.2) is 0 Å². The number of carbonyl (C=O) groups excluding carboxylic acids is 2. The lowest BCUT2D eigenvalue weighted by molar-refractivity contribution is -0.129. The zero-order valence-corrected chi connectivity index (χ0v) is 18.6. The minimum absolute atomic E-state index is 0.0120. The predicted molar refractivity (Wildman–Crippen MR) is 122 cm³/mol. The van der Waals surface area contributed by atoms with Crippen molar-refractivity contribution in [2.75, 3.05) is 44.2 Å². The Morgan fingerprint density at radius 3 is 2.31 bits per heavy atom. The number of benzene rings is 2. The highest BCUT2D eigenvalue weighted by atomic mass is 16.4. The van der Waals surface area contributed by atoms with E-state index in [1.54, 1.807) is 19.1 Å². The standard InChI is InChI=1S/C25H29N3O4/c1-17-7-8-20(27-13-11-26(12-14-27)18(2)29)15-23(17)24(30)28-10-9-19(16-28)21-5-3-4-6-22(21)25(31)32/h3-8,15,19H,9-14,16H2,1-2H3,(H,31,32). The number of rotatable bonds is 4. The highest BCUT2D eigenvalue weighted by Crippen LogP contribution is 2.31. The first-order valence-corrected chi connectivity index (χ1v) is 11.1. The van der Waals surface area contributed by atoms with E-state index >= 15 is 0 Å². The maximum atomic E-state index is 13.4. The Morgan fingerprint density at radius 1 is 0.906 bits per heavy atom. The quantitative estimate of drug-likeness (QED) is 0.799. The third kappa shape index (κ3) is 4.33. The second-order valence-corrected chi connectivity index (χ2v) is 8.62. The van der Waals surface area contributed by atoms with E-state index in [0.29, 0.717) is 37.3 Å². The Bertz CT molecular complexity index is 1040. The Morgan fingerprint density at radius 2 is 1.62 bits per heavy atom. The Kier molecular flexibility index (Phi) is 6.17. The summed E-state index contributed by atoms with van der Waals surface area (Å²) in [6.45, 7) is 7.52. The van der Waals surface area contributed by atoms with E-state index in [1.165, 1.54) is 0 Å². The normalized spacial score (nSPS) is 18.7. The second kappa shape index (κ2) is 9.02. The molecule has 32 heavy (non-hydrogen) atoms. The molecule has 2 saturated heterocycles. The SMILES string of the molecule is CC(=O)N1CCN(c2ccc(C)c(C(=O)N3CCC(c4ccccc4C(=O)O)C3)c2)CC1. The van der Waals surface area contributed by atoms with Crippen molar-refractivity contribution in [1.82, 2.24) is 9.80 Å². The first kappa shape index (κ1) is 21.9. The fourth-order valence-electron chi connectivity index (χ4n) is 4.73. The molecule has 0 radical (unpaired) electrons. The number of hydrogen-bond donors (Lipinski definition) is 1. The molecule has 4 rings (SSSR count). The molecular weight excluding hydrogens is 406 g/mol. The summed E-state index contributed by atoms with van der Waals surface area (Å²) in [5.74, 6) is -0.826. The largest absolute Gasteiger partial charge is 0.478 e. The summed E-state index contributed by atoms with van der Waals surface area (Å²) in [5.41, 5.74) is 3.71. The molecule has 1 atom stereocenters. The summed E-state index contributed by atoms with van der Waals surface area (Å²) in [6, 6.07) is 13.0. The van der Waals surface area contributed by atoms with E-state index in [9.17, 15) is 19.5 Å². The summed E-state index contributed by atoms with van der Waals surface area (Å²) in [5, 5.41) is 9.51. The van der Waals surface area contributed by atoms with Crippen LogP contribution in [-0.2, 0) is 4.79 Å². The number of amides is 2. The van der Waals surface area contributed by atoms with Gasteiger partial charge in [0.2, 0.25) is 5.91 Å². The number of hydrogen-bond acceptors (Lipinski definition) is 4. The summed E-state index contributed by atoms with van der Waals surface area (Å²) in [6.07, 6.45) is 0.752. The molecule has 1 unspecified atom stereocenters. The van der Waals surface area contributed by atoms with Crippen LogP contribution < -0.4 is 4.90 Å². The maximum absolute atomic E-state index is 13.4. The zero-order chi connectivity index (χ0) is 22.8. The smallest absolute Gasteiger partial charge is 0.335 e. The van der Waals surface area contributed by atoms with Crippen LogP contribution in [0.3, 0.4) is 0 Å². The van der Waals surface area contributed by atoms with Gasteiger partial charge in [-0.05, 0) is 42.7 Å². The number of carbonyl (C=O) groups is 3. The van der Waals surface area contributed by atoms with E-state index in [-0.39, 0.29) is 17.7 Å². The molecule has 2 aromatic carbocycles. The Hall–Kier alpha value is -3.35. The van der Waals surface area contributed by atoms with Crippen molar-refractivity contribution >= 4 is 23.5 Å². The fourth-order valence-corrected chi connectivity index (χ4v) is 4.73. The molecule has 2 amide bonds. The van der Waals surface area contributed by atoms with E-state index < -0.39 is 5.97 Å². The van der Waals surface area contributed by atoms with Crippen molar-refractivity contribution in [3.8, 4) is 0 Å². The number of aromatic carboxylic acids is 1. The summed E-state index contributed by atoms with van der Waals surface area (Å²) in [4.78, 5) is 42.5. The average molecular weight is 436 g/mol. The second-order valence-electron chi connectivity index (χ2n) is 8.62. The summed E-state index contributed by atoms with van der Waals surface area (Å²) < 4.78 is 0. The average Bonchev–Trinajstić information content (AvgIpc) is 3.29. The number of nitrogens with zero attached hydrogens (tertiary/aromatic N) is 3. The molecule has 168 valence electrons. The van der Waals surface area contributed by atoms with Crippen molar-refractivity contribution in [1.29, 1.82) is 0 Å². The van der Waals surface area contributed by atoms with Gasteiger partial charge in [-0.25, -0.2) is 4.79 Å². The van der Waals surface area contributed by atoms with Gasteiger partial charge in [0.1, 0.15) is 0 Å². The molecule has 1 N–H and O–H groups in total. The number of likely N-dealkylation sites (tertiary alicyclic amines) is 1. The molecule has 2 aliphatic rings. The van der Waals surface area contributed by atoms with E-state index in [4.69, 9.17) is 0 Å².